The van der Waals surface area contributed by atoms with Crippen LogP contribution in [-0.4, -0.2) is 6.18 Å². The Balaban J connectivity index is 1.76. The molecule has 0 unspecified atom stereocenters. The van der Waals surface area contributed by atoms with Gasteiger partial charge in [0, 0.05) is 5.56 Å². The Labute approximate surface area is 150 Å². The molecule has 2 aromatic rings. The second-order valence-corrected chi connectivity index (χ2v) is 7.23. The summed E-state index contributed by atoms with van der Waals surface area (Å²) < 4.78 is 64.0. The van der Waals surface area contributed by atoms with E-state index in [4.69, 9.17) is 0 Å². The molecule has 1 aliphatic carbocycles. The van der Waals surface area contributed by atoms with E-state index in [1.54, 1.807) is 0 Å². The lowest BCUT2D eigenvalue weighted by atomic mass is 9.79. The first-order valence-electron chi connectivity index (χ1n) is 8.84. The minimum atomic E-state index is -5.59. The van der Waals surface area contributed by atoms with E-state index in [9.17, 15) is 22.0 Å². The molecule has 0 saturated heterocycles. The van der Waals surface area contributed by atoms with Gasteiger partial charge in [-0.3, -0.25) is 0 Å². The fraction of sp³-hybridized carbons (Fsp3) is 0.429. The summed E-state index contributed by atoms with van der Waals surface area (Å²) in [4.78, 5) is 0. The standard InChI is InChI=1S/C21H21F5/c1-14-2-4-15(5-3-14)16-6-8-17(9-7-16)18-10-12-19(13-11-18)20(22,23)21(24,25)26/h6-15H,2-5H2,1H3. The Morgan fingerprint density at radius 2 is 1.15 bits per heavy atom. The van der Waals surface area contributed by atoms with Gasteiger partial charge in [-0.1, -0.05) is 68.3 Å². The van der Waals surface area contributed by atoms with Gasteiger partial charge >= 0.3 is 12.1 Å². The third-order valence-corrected chi connectivity index (χ3v) is 5.33. The molecule has 1 aliphatic rings. The van der Waals surface area contributed by atoms with Crippen molar-refractivity contribution in [3.63, 3.8) is 0 Å². The van der Waals surface area contributed by atoms with Gasteiger partial charge in [-0.25, -0.2) is 0 Å². The van der Waals surface area contributed by atoms with Crippen LogP contribution in [-0.2, 0) is 5.92 Å². The molecule has 0 N–H and O–H groups in total. The number of rotatable bonds is 3. The van der Waals surface area contributed by atoms with Crippen molar-refractivity contribution in [1.82, 2.24) is 0 Å². The van der Waals surface area contributed by atoms with E-state index in [-0.39, 0.29) is 0 Å². The highest BCUT2D eigenvalue weighted by Crippen LogP contribution is 2.44. The Kier molecular flexibility index (Phi) is 5.09. The molecule has 0 atom stereocenters. The number of benzene rings is 2. The van der Waals surface area contributed by atoms with Gasteiger partial charge in [-0.2, -0.15) is 22.0 Å². The second kappa shape index (κ2) is 7.01. The summed E-state index contributed by atoms with van der Waals surface area (Å²) in [6.07, 6.45) is -0.806. The highest BCUT2D eigenvalue weighted by Gasteiger charge is 2.58. The van der Waals surface area contributed by atoms with Gasteiger partial charge in [0.05, 0.1) is 0 Å². The highest BCUT2D eigenvalue weighted by atomic mass is 19.4. The summed E-state index contributed by atoms with van der Waals surface area (Å²) >= 11 is 0. The van der Waals surface area contributed by atoms with Crippen molar-refractivity contribution in [3.8, 4) is 11.1 Å². The lowest BCUT2D eigenvalue weighted by Gasteiger charge is -2.26. The lowest BCUT2D eigenvalue weighted by molar-refractivity contribution is -0.289. The molecule has 0 heterocycles. The highest BCUT2D eigenvalue weighted by molar-refractivity contribution is 5.64. The molecule has 140 valence electrons. The van der Waals surface area contributed by atoms with E-state index in [1.165, 1.54) is 43.4 Å². The van der Waals surface area contributed by atoms with Crippen LogP contribution in [0.1, 0.15) is 49.7 Å². The molecule has 1 saturated carbocycles. The zero-order valence-electron chi connectivity index (χ0n) is 14.5. The molecule has 0 aromatic heterocycles. The molecule has 1 fully saturated rings. The summed E-state index contributed by atoms with van der Waals surface area (Å²) in [6, 6.07) is 12.2. The van der Waals surface area contributed by atoms with Crippen molar-refractivity contribution in [3.05, 3.63) is 59.7 Å². The minimum Gasteiger partial charge on any atom is -0.191 e. The van der Waals surface area contributed by atoms with E-state index >= 15 is 0 Å². The fourth-order valence-corrected chi connectivity index (χ4v) is 3.58. The van der Waals surface area contributed by atoms with Crippen LogP contribution in [0.3, 0.4) is 0 Å². The zero-order valence-corrected chi connectivity index (χ0v) is 14.5. The Morgan fingerprint density at radius 3 is 1.62 bits per heavy atom. The average Bonchev–Trinajstić information content (AvgIpc) is 2.62. The quantitative estimate of drug-likeness (QED) is 0.499. The Morgan fingerprint density at radius 1 is 0.692 bits per heavy atom. The third kappa shape index (κ3) is 3.76. The zero-order chi connectivity index (χ0) is 18.9. The third-order valence-electron chi connectivity index (χ3n) is 5.33. The van der Waals surface area contributed by atoms with E-state index < -0.39 is 17.7 Å². The van der Waals surface area contributed by atoms with Gasteiger partial charge in [0.25, 0.3) is 0 Å². The number of halogens is 5. The first-order chi connectivity index (χ1) is 12.2. The van der Waals surface area contributed by atoms with Crippen LogP contribution >= 0.6 is 0 Å². The van der Waals surface area contributed by atoms with Crippen LogP contribution in [0.25, 0.3) is 11.1 Å². The van der Waals surface area contributed by atoms with Gasteiger partial charge in [-0.15, -0.1) is 0 Å². The second-order valence-electron chi connectivity index (χ2n) is 7.23. The maximum Gasteiger partial charge on any atom is 0.458 e. The summed E-state index contributed by atoms with van der Waals surface area (Å²) in [7, 11) is 0. The maximum absolute atomic E-state index is 13.4. The number of hydrogen-bond acceptors (Lipinski definition) is 0. The van der Waals surface area contributed by atoms with Crippen molar-refractivity contribution in [2.45, 2.75) is 50.6 Å². The summed E-state index contributed by atoms with van der Waals surface area (Å²) in [5, 5.41) is 0. The van der Waals surface area contributed by atoms with Gasteiger partial charge in [0.1, 0.15) is 0 Å². The van der Waals surface area contributed by atoms with Gasteiger partial charge in [0.2, 0.25) is 0 Å². The van der Waals surface area contributed by atoms with Crippen LogP contribution in [0.5, 0.6) is 0 Å². The van der Waals surface area contributed by atoms with Crippen LogP contribution in [0, 0.1) is 5.92 Å². The molecule has 0 bridgehead atoms. The molecule has 0 aliphatic heterocycles. The first kappa shape index (κ1) is 18.9. The Bertz CT molecular complexity index is 720. The summed E-state index contributed by atoms with van der Waals surface area (Å²) in [5.41, 5.74) is 1.65. The predicted octanol–water partition coefficient (Wildman–Crippen LogP) is 7.30. The SMILES string of the molecule is CC1CCC(c2ccc(-c3ccc(C(F)(F)C(F)(F)F)cc3)cc2)CC1. The number of alkyl halides is 5. The fourth-order valence-electron chi connectivity index (χ4n) is 3.58. The van der Waals surface area contributed by atoms with E-state index in [0.717, 1.165) is 23.6 Å². The Hall–Kier alpha value is -1.91. The van der Waals surface area contributed by atoms with E-state index in [2.05, 4.69) is 6.92 Å². The molecular formula is C21H21F5. The van der Waals surface area contributed by atoms with Crippen molar-refractivity contribution in [2.75, 3.05) is 0 Å². The summed E-state index contributed by atoms with van der Waals surface area (Å²) in [6.45, 7) is 2.27. The molecule has 0 radical (unpaired) electrons. The van der Waals surface area contributed by atoms with Crippen LogP contribution < -0.4 is 0 Å². The van der Waals surface area contributed by atoms with Crippen molar-refractivity contribution in [1.29, 1.82) is 0 Å². The molecule has 26 heavy (non-hydrogen) atoms. The molecule has 0 amide bonds. The number of hydrogen-bond donors (Lipinski definition) is 0. The molecule has 0 nitrogen and oxygen atoms in total. The van der Waals surface area contributed by atoms with Crippen molar-refractivity contribution >= 4 is 0 Å². The van der Waals surface area contributed by atoms with Gasteiger partial charge in [0.15, 0.2) is 0 Å². The molecular weight excluding hydrogens is 347 g/mol. The van der Waals surface area contributed by atoms with Gasteiger partial charge < -0.3 is 0 Å². The molecule has 0 spiro atoms. The largest absolute Gasteiger partial charge is 0.458 e. The van der Waals surface area contributed by atoms with Gasteiger partial charge in [-0.05, 0) is 41.4 Å². The van der Waals surface area contributed by atoms with Crippen LogP contribution in [0.15, 0.2) is 48.5 Å². The molecule has 5 heteroatoms. The van der Waals surface area contributed by atoms with Crippen LogP contribution in [0.4, 0.5) is 22.0 Å². The first-order valence-corrected chi connectivity index (χ1v) is 8.84. The summed E-state index contributed by atoms with van der Waals surface area (Å²) in [5.74, 6) is -3.51. The van der Waals surface area contributed by atoms with Crippen molar-refractivity contribution in [2.24, 2.45) is 5.92 Å². The van der Waals surface area contributed by atoms with E-state index in [0.29, 0.717) is 11.5 Å². The predicted molar refractivity (Wildman–Crippen MR) is 92.2 cm³/mol. The lowest BCUT2D eigenvalue weighted by Crippen LogP contribution is -2.33. The molecule has 3 rings (SSSR count). The average molecular weight is 368 g/mol. The van der Waals surface area contributed by atoms with Crippen molar-refractivity contribution < 1.29 is 22.0 Å². The van der Waals surface area contributed by atoms with E-state index in [1.807, 2.05) is 24.3 Å². The normalized spacial score (nSPS) is 21.6. The monoisotopic (exact) mass is 368 g/mol. The van der Waals surface area contributed by atoms with Crippen LogP contribution in [0.2, 0.25) is 0 Å². The molecule has 2 aromatic carbocycles. The topological polar surface area (TPSA) is 0 Å². The minimum absolute atomic E-state index is 0.549. The smallest absolute Gasteiger partial charge is 0.191 e. The maximum atomic E-state index is 13.4.